The van der Waals surface area contributed by atoms with Gasteiger partial charge in [-0.15, -0.1) is 12.6 Å². The summed E-state index contributed by atoms with van der Waals surface area (Å²) < 4.78 is 5.84. The summed E-state index contributed by atoms with van der Waals surface area (Å²) in [6.45, 7) is 11.0. The number of benzene rings is 1. The zero-order chi connectivity index (χ0) is 53.5. The van der Waals surface area contributed by atoms with E-state index in [4.69, 9.17) is 16.2 Å². The number of methoxy groups -OCH3 is 1. The number of nitrogens with one attached hydrogen (secondary N) is 6. The third-order valence-electron chi connectivity index (χ3n) is 12.0. The summed E-state index contributed by atoms with van der Waals surface area (Å²) in [6, 6.07) is 2.01. The van der Waals surface area contributed by atoms with Crippen LogP contribution in [0.15, 0.2) is 70.2 Å². The Morgan fingerprint density at radius 1 is 0.887 bits per heavy atom. The number of carboxylic acids is 1. The first-order valence-corrected chi connectivity index (χ1v) is 24.2. The number of amides is 7. The number of aliphatic hydroxyl groups excluding tert-OH is 1. The SMILES string of the molecule is CO[C@@H](Cc1ccccc1)[C@@H](C)/C=C(C)/C=C/[C@@H]1NC(=O)[C@H](CCCN=C(N)N)NC(=O)[C@@H](C)[C@H](C(=O)O)NC(=O)[C@H](CC(C)C)NC(=O)[C@@H](C)NC(=O)/C(=C\S)N(C)C(=O)CC[C@H](CO)NC(=O)[C@H]1C. The number of aliphatic imine (C=N–C) groups is 1. The third kappa shape index (κ3) is 20.5. The van der Waals surface area contributed by atoms with Gasteiger partial charge in [-0.1, -0.05) is 88.8 Å². The van der Waals surface area contributed by atoms with Gasteiger partial charge in [0.15, 0.2) is 5.96 Å². The van der Waals surface area contributed by atoms with E-state index in [9.17, 15) is 48.6 Å². The van der Waals surface area contributed by atoms with Crippen LogP contribution in [0, 0.1) is 23.7 Å². The molecule has 0 aromatic heterocycles. The zero-order valence-corrected chi connectivity index (χ0v) is 43.2. The largest absolute Gasteiger partial charge is 0.480 e. The van der Waals surface area contributed by atoms with Gasteiger partial charge in [0.2, 0.25) is 35.4 Å². The van der Waals surface area contributed by atoms with Crippen molar-refractivity contribution in [3.05, 3.63) is 70.8 Å². The summed E-state index contributed by atoms with van der Waals surface area (Å²) in [7, 11) is 2.94. The van der Waals surface area contributed by atoms with Gasteiger partial charge in [0, 0.05) is 33.0 Å². The highest BCUT2D eigenvalue weighted by Crippen LogP contribution is 2.19. The molecule has 12 N–H and O–H groups in total. The summed E-state index contributed by atoms with van der Waals surface area (Å²) in [5.41, 5.74) is 12.7. The number of hydrogen-bond acceptors (Lipinski definition) is 12. The van der Waals surface area contributed by atoms with Gasteiger partial charge in [-0.05, 0) is 62.8 Å². The highest BCUT2D eigenvalue weighted by Gasteiger charge is 2.37. The average Bonchev–Trinajstić information content (AvgIpc) is 3.31. The van der Waals surface area contributed by atoms with E-state index in [0.29, 0.717) is 6.42 Å². The molecule has 7 amide bonds. The van der Waals surface area contributed by atoms with E-state index in [-0.39, 0.29) is 68.2 Å². The van der Waals surface area contributed by atoms with Gasteiger partial charge in [0.25, 0.3) is 5.91 Å². The Bertz CT molecular complexity index is 2110. The molecule has 0 unspecified atom stereocenters. The topological polar surface area (TPSA) is 326 Å². The van der Waals surface area contributed by atoms with Gasteiger partial charge >= 0.3 is 5.97 Å². The Morgan fingerprint density at radius 2 is 1.51 bits per heavy atom. The van der Waals surface area contributed by atoms with Crippen LogP contribution in [-0.4, -0.2) is 138 Å². The molecular weight excluding hydrogens is 937 g/mol. The van der Waals surface area contributed by atoms with Crippen molar-refractivity contribution in [3.63, 3.8) is 0 Å². The maximum Gasteiger partial charge on any atom is 0.327 e. The van der Waals surface area contributed by atoms with Crippen molar-refractivity contribution in [2.24, 2.45) is 40.1 Å². The minimum atomic E-state index is -1.86. The lowest BCUT2D eigenvalue weighted by Gasteiger charge is -2.29. The van der Waals surface area contributed by atoms with Crippen molar-refractivity contribution in [3.8, 4) is 0 Å². The quantitative estimate of drug-likeness (QED) is 0.0290. The normalized spacial score (nSPS) is 26.0. The molecule has 0 aliphatic carbocycles. The Morgan fingerprint density at radius 3 is 2.08 bits per heavy atom. The number of thiol groups is 1. The van der Waals surface area contributed by atoms with Crippen molar-refractivity contribution in [2.45, 2.75) is 129 Å². The molecule has 394 valence electrons. The molecule has 2 rings (SSSR count). The summed E-state index contributed by atoms with van der Waals surface area (Å²) in [5.74, 6) is -10.2. The van der Waals surface area contributed by atoms with Crippen molar-refractivity contribution in [2.75, 3.05) is 27.3 Å². The van der Waals surface area contributed by atoms with Crippen molar-refractivity contribution in [1.82, 2.24) is 36.8 Å². The van der Waals surface area contributed by atoms with E-state index in [2.05, 4.69) is 49.5 Å². The smallest absolute Gasteiger partial charge is 0.327 e. The maximum atomic E-state index is 14.4. The van der Waals surface area contributed by atoms with Crippen LogP contribution in [-0.2, 0) is 49.5 Å². The fourth-order valence-electron chi connectivity index (χ4n) is 7.59. The molecule has 1 fully saturated rings. The molecule has 22 heteroatoms. The minimum Gasteiger partial charge on any atom is -0.480 e. The summed E-state index contributed by atoms with van der Waals surface area (Å²) in [5, 5.41) is 37.3. The van der Waals surface area contributed by atoms with Crippen LogP contribution < -0.4 is 43.4 Å². The second kappa shape index (κ2) is 30.5. The maximum absolute atomic E-state index is 14.4. The van der Waals surface area contributed by atoms with Gasteiger partial charge in [-0.2, -0.15) is 0 Å². The van der Waals surface area contributed by atoms with Crippen LogP contribution in [0.4, 0.5) is 0 Å². The molecule has 1 aliphatic heterocycles. The number of guanidine groups is 1. The van der Waals surface area contributed by atoms with Crippen LogP contribution in [0.1, 0.15) is 86.1 Å². The summed E-state index contributed by atoms with van der Waals surface area (Å²) >= 11 is 4.11. The number of carbonyl (C=O) groups excluding carboxylic acids is 7. The molecule has 1 aromatic carbocycles. The van der Waals surface area contributed by atoms with Crippen LogP contribution >= 0.6 is 12.6 Å². The third-order valence-corrected chi connectivity index (χ3v) is 12.3. The number of rotatable bonds is 15. The first kappa shape index (κ1) is 60.9. The molecule has 0 bridgehead atoms. The Labute approximate surface area is 422 Å². The predicted molar refractivity (Wildman–Crippen MR) is 272 cm³/mol. The Kier molecular flexibility index (Phi) is 26.1. The molecule has 1 heterocycles. The number of likely N-dealkylation sites (N-methyl/N-ethyl adjacent to an activating group) is 1. The zero-order valence-electron chi connectivity index (χ0n) is 42.3. The second-order valence-electron chi connectivity index (χ2n) is 18.3. The molecule has 71 heavy (non-hydrogen) atoms. The second-order valence-corrected chi connectivity index (χ2v) is 18.6. The van der Waals surface area contributed by atoms with Gasteiger partial charge < -0.3 is 63.2 Å². The standard InChI is InChI=1S/C49H76N10O11S/c1-27(2)22-37-46(66)58-41(48(68)69)31(6)43(63)56-36(16-13-21-52-49(50)51)45(65)55-35(19-17-28(3)23-29(4)39(70-9)24-33-14-11-10-12-15-33)30(5)42(62)54-34(25-60)18-20-40(61)59(8)38(26-71)47(67)53-32(7)44(64)57-37/h10-12,14-15,17,19,23,26-27,29-32,34-37,39,41,60,71H,13,16,18,20-22,24-25H2,1-9H3,(H,53,67)(H,54,62)(H,55,65)(H,56,63)(H,57,64)(H,58,66)(H,68,69)(H4,50,51,52)/b19-17+,28-23+,38-26+/t29-,30-,31-,32+,34+,35-,36-,37-,39-,41+/m0/s1. The predicted octanol–water partition coefficient (Wildman–Crippen LogP) is 0.784. The number of carboxylic acid groups (broad SMARTS) is 1. The molecule has 1 aliphatic rings. The van der Waals surface area contributed by atoms with E-state index in [1.165, 1.54) is 27.8 Å². The molecule has 0 spiro atoms. The number of nitrogens with two attached hydrogens (primary N) is 2. The highest BCUT2D eigenvalue weighted by molar-refractivity contribution is 7.83. The van der Waals surface area contributed by atoms with Gasteiger partial charge in [-0.3, -0.25) is 38.6 Å². The lowest BCUT2D eigenvalue weighted by Crippen LogP contribution is -2.59. The fraction of sp³-hybridized carbons (Fsp3) is 0.571. The number of ether oxygens (including phenoxy) is 1. The van der Waals surface area contributed by atoms with E-state index < -0.39 is 102 Å². The van der Waals surface area contributed by atoms with E-state index in [1.54, 1.807) is 33.1 Å². The molecular formula is C49H76N10O11S. The number of hydrogen-bond donors (Lipinski definition) is 11. The van der Waals surface area contributed by atoms with Crippen LogP contribution in [0.3, 0.4) is 0 Å². The number of nitrogens with zero attached hydrogens (tertiary/aromatic N) is 2. The lowest BCUT2D eigenvalue weighted by molar-refractivity contribution is -0.146. The number of carbonyl (C=O) groups is 8. The molecule has 10 atom stereocenters. The first-order valence-electron chi connectivity index (χ1n) is 23.7. The van der Waals surface area contributed by atoms with E-state index in [1.807, 2.05) is 50.3 Å². The minimum absolute atomic E-state index is 0.0265. The highest BCUT2D eigenvalue weighted by atomic mass is 32.1. The molecule has 0 saturated carbocycles. The van der Waals surface area contributed by atoms with Gasteiger partial charge in [0.05, 0.1) is 36.6 Å². The first-order chi connectivity index (χ1) is 33.4. The van der Waals surface area contributed by atoms with Crippen LogP contribution in [0.2, 0.25) is 0 Å². The van der Waals surface area contributed by atoms with Crippen molar-refractivity contribution < 1.29 is 53.3 Å². The van der Waals surface area contributed by atoms with E-state index >= 15 is 0 Å². The summed E-state index contributed by atoms with van der Waals surface area (Å²) in [6.07, 6.45) is 5.57. The van der Waals surface area contributed by atoms with Crippen LogP contribution in [0.5, 0.6) is 0 Å². The fourth-order valence-corrected chi connectivity index (χ4v) is 7.88. The molecule has 1 saturated heterocycles. The monoisotopic (exact) mass is 1010 g/mol. The number of aliphatic carboxylic acids is 1. The van der Waals surface area contributed by atoms with Gasteiger partial charge in [-0.25, -0.2) is 4.79 Å². The average molecular weight is 1010 g/mol. The van der Waals surface area contributed by atoms with Gasteiger partial charge in [0.1, 0.15) is 29.9 Å². The van der Waals surface area contributed by atoms with Crippen LogP contribution in [0.25, 0.3) is 0 Å². The number of allylic oxidation sites excluding steroid dienone is 2. The molecule has 1 aromatic rings. The Hall–Kier alpha value is -6.26. The van der Waals surface area contributed by atoms with Crippen molar-refractivity contribution in [1.29, 1.82) is 0 Å². The molecule has 21 nitrogen and oxygen atoms in total. The number of aliphatic hydroxyl groups is 1. The van der Waals surface area contributed by atoms with Crippen molar-refractivity contribution >= 4 is 65.9 Å². The Balaban J connectivity index is 2.72. The molecule has 0 radical (unpaired) electrons. The lowest BCUT2D eigenvalue weighted by atomic mass is 9.94. The summed E-state index contributed by atoms with van der Waals surface area (Å²) in [4.78, 5) is 114. The van der Waals surface area contributed by atoms with E-state index in [0.717, 1.165) is 21.4 Å².